The molecule has 120 valence electrons. The topological polar surface area (TPSA) is 55.8 Å². The zero-order chi connectivity index (χ0) is 16.2. The molecule has 0 atom stereocenters. The first kappa shape index (κ1) is 16.3. The monoisotopic (exact) mass is 305 g/mol. The van der Waals surface area contributed by atoms with E-state index in [1.165, 1.54) is 0 Å². The quantitative estimate of drug-likeness (QED) is 0.485. The molecule has 1 amide bonds. The Labute approximate surface area is 131 Å². The highest BCUT2D eigenvalue weighted by atomic mass is 17.2. The minimum absolute atomic E-state index is 0.230. The van der Waals surface area contributed by atoms with Crippen LogP contribution in [0.1, 0.15) is 56.0 Å². The van der Waals surface area contributed by atoms with Gasteiger partial charge in [-0.1, -0.05) is 20.8 Å². The van der Waals surface area contributed by atoms with Crippen molar-refractivity contribution in [3.63, 3.8) is 0 Å². The number of hydrogen-bond acceptors (Lipinski definition) is 4. The van der Waals surface area contributed by atoms with E-state index in [0.717, 1.165) is 31.1 Å². The minimum atomic E-state index is -0.459. The van der Waals surface area contributed by atoms with Crippen LogP contribution in [0.5, 0.6) is 5.75 Å². The van der Waals surface area contributed by atoms with E-state index in [4.69, 9.17) is 9.78 Å². The highest BCUT2D eigenvalue weighted by Gasteiger charge is 2.23. The van der Waals surface area contributed by atoms with Crippen LogP contribution in [0.25, 0.3) is 0 Å². The van der Waals surface area contributed by atoms with E-state index in [0.29, 0.717) is 24.4 Å². The first-order chi connectivity index (χ1) is 10.4. The van der Waals surface area contributed by atoms with Crippen LogP contribution < -0.4 is 4.89 Å². The minimum Gasteiger partial charge on any atom is -0.305 e. The molecule has 1 aromatic carbocycles. The molecule has 1 aromatic rings. The average Bonchev–Trinajstić information content (AvgIpc) is 2.52. The molecule has 22 heavy (non-hydrogen) atoms. The third-order valence-electron chi connectivity index (χ3n) is 3.76. The number of carbonyl (C=O) groups is 2. The Morgan fingerprint density at radius 1 is 1.18 bits per heavy atom. The van der Waals surface area contributed by atoms with Gasteiger partial charge >= 0.3 is 6.09 Å². The van der Waals surface area contributed by atoms with Crippen molar-refractivity contribution in [3.05, 3.63) is 29.3 Å². The van der Waals surface area contributed by atoms with Crippen molar-refractivity contribution in [3.8, 4) is 5.75 Å². The molecule has 0 radical (unpaired) electrons. The summed E-state index contributed by atoms with van der Waals surface area (Å²) in [5, 5.41) is 0. The fourth-order valence-electron chi connectivity index (χ4n) is 2.49. The molecule has 1 fully saturated rings. The molecule has 5 heteroatoms. The highest BCUT2D eigenvalue weighted by Crippen LogP contribution is 2.32. The SMILES string of the molecule is CC(C)(C)c1cc(C=O)ccc1OOC(=O)N1CCCCC1. The molecule has 5 nitrogen and oxygen atoms in total. The smallest absolute Gasteiger partial charge is 0.305 e. The van der Waals surface area contributed by atoms with E-state index < -0.39 is 6.09 Å². The Balaban J connectivity index is 2.08. The maximum absolute atomic E-state index is 12.0. The molecule has 1 aliphatic heterocycles. The first-order valence-electron chi connectivity index (χ1n) is 7.65. The maximum Gasteiger partial charge on any atom is 0.452 e. The molecule has 0 unspecified atom stereocenters. The van der Waals surface area contributed by atoms with Crippen molar-refractivity contribution < 1.29 is 19.4 Å². The van der Waals surface area contributed by atoms with E-state index in [2.05, 4.69) is 0 Å². The third-order valence-corrected chi connectivity index (χ3v) is 3.76. The Bertz CT molecular complexity index is 542. The van der Waals surface area contributed by atoms with Gasteiger partial charge in [0.25, 0.3) is 0 Å². The fourth-order valence-corrected chi connectivity index (χ4v) is 2.49. The summed E-state index contributed by atoms with van der Waals surface area (Å²) in [5.41, 5.74) is 1.16. The number of nitrogens with zero attached hydrogens (tertiary/aromatic N) is 1. The van der Waals surface area contributed by atoms with Crippen LogP contribution in [0.15, 0.2) is 18.2 Å². The molecule has 0 aromatic heterocycles. The van der Waals surface area contributed by atoms with Crippen LogP contribution in [-0.2, 0) is 10.3 Å². The van der Waals surface area contributed by atoms with Crippen LogP contribution in [0.3, 0.4) is 0 Å². The molecule has 2 rings (SSSR count). The Morgan fingerprint density at radius 2 is 1.86 bits per heavy atom. The number of aldehydes is 1. The molecule has 1 saturated heterocycles. The second-order valence-corrected chi connectivity index (χ2v) is 6.60. The summed E-state index contributed by atoms with van der Waals surface area (Å²) in [4.78, 5) is 34.8. The maximum atomic E-state index is 12.0. The normalized spacial score (nSPS) is 15.3. The molecule has 0 aliphatic carbocycles. The summed E-state index contributed by atoms with van der Waals surface area (Å²) in [7, 11) is 0. The van der Waals surface area contributed by atoms with Crippen molar-refractivity contribution in [1.29, 1.82) is 0 Å². The molecule has 1 heterocycles. The van der Waals surface area contributed by atoms with Crippen LogP contribution >= 0.6 is 0 Å². The largest absolute Gasteiger partial charge is 0.452 e. The van der Waals surface area contributed by atoms with Crippen LogP contribution in [-0.4, -0.2) is 30.4 Å². The summed E-state index contributed by atoms with van der Waals surface area (Å²) in [6.07, 6.45) is 3.47. The summed E-state index contributed by atoms with van der Waals surface area (Å²) < 4.78 is 0. The molecule has 0 N–H and O–H groups in total. The van der Waals surface area contributed by atoms with Crippen molar-refractivity contribution >= 4 is 12.4 Å². The van der Waals surface area contributed by atoms with E-state index >= 15 is 0 Å². The van der Waals surface area contributed by atoms with Gasteiger partial charge in [0, 0.05) is 24.2 Å². The zero-order valence-electron chi connectivity index (χ0n) is 13.4. The predicted molar refractivity (Wildman–Crippen MR) is 83.1 cm³/mol. The van der Waals surface area contributed by atoms with Gasteiger partial charge < -0.3 is 4.90 Å². The Kier molecular flexibility index (Phi) is 5.06. The van der Waals surface area contributed by atoms with Gasteiger partial charge in [-0.15, -0.1) is 0 Å². The van der Waals surface area contributed by atoms with E-state index in [9.17, 15) is 9.59 Å². The van der Waals surface area contributed by atoms with Gasteiger partial charge in [-0.3, -0.25) is 9.68 Å². The number of likely N-dealkylation sites (tertiary alicyclic amines) is 1. The first-order valence-corrected chi connectivity index (χ1v) is 7.65. The van der Waals surface area contributed by atoms with Crippen LogP contribution in [0.4, 0.5) is 4.79 Å². The summed E-state index contributed by atoms with van der Waals surface area (Å²) >= 11 is 0. The molecular weight excluding hydrogens is 282 g/mol. The van der Waals surface area contributed by atoms with Crippen LogP contribution in [0.2, 0.25) is 0 Å². The number of carbonyl (C=O) groups excluding carboxylic acids is 2. The van der Waals surface area contributed by atoms with Gasteiger partial charge in [-0.2, -0.15) is 0 Å². The van der Waals surface area contributed by atoms with E-state index in [1.54, 1.807) is 23.1 Å². The Hall–Kier alpha value is -2.04. The molecule has 1 aliphatic rings. The van der Waals surface area contributed by atoms with Gasteiger partial charge in [0.15, 0.2) is 5.75 Å². The summed E-state index contributed by atoms with van der Waals surface area (Å²) in [6, 6.07) is 5.07. The van der Waals surface area contributed by atoms with Gasteiger partial charge in [0.1, 0.15) is 6.29 Å². The standard InChI is InChI=1S/C17H23NO4/c1-17(2,3)14-11-13(12-19)7-8-15(14)21-22-16(20)18-9-5-4-6-10-18/h7-8,11-12H,4-6,9-10H2,1-3H3. The lowest BCUT2D eigenvalue weighted by Gasteiger charge is -2.26. The number of piperidine rings is 1. The van der Waals surface area contributed by atoms with Crippen molar-refractivity contribution in [2.75, 3.05) is 13.1 Å². The molecule has 0 saturated carbocycles. The summed E-state index contributed by atoms with van der Waals surface area (Å²) in [6.45, 7) is 7.44. The lowest BCUT2D eigenvalue weighted by Crippen LogP contribution is -2.36. The van der Waals surface area contributed by atoms with Crippen molar-refractivity contribution in [2.45, 2.75) is 45.4 Å². The number of rotatable bonds is 3. The van der Waals surface area contributed by atoms with E-state index in [-0.39, 0.29) is 5.41 Å². The van der Waals surface area contributed by atoms with Crippen LogP contribution in [0, 0.1) is 0 Å². The van der Waals surface area contributed by atoms with Crippen molar-refractivity contribution in [2.24, 2.45) is 0 Å². The molecular formula is C17H23NO4. The predicted octanol–water partition coefficient (Wildman–Crippen LogP) is 3.71. The Morgan fingerprint density at radius 3 is 2.45 bits per heavy atom. The zero-order valence-corrected chi connectivity index (χ0v) is 13.4. The van der Waals surface area contributed by atoms with Gasteiger partial charge in [0.2, 0.25) is 0 Å². The molecule has 0 bridgehead atoms. The third kappa shape index (κ3) is 4.00. The van der Waals surface area contributed by atoms with Crippen molar-refractivity contribution in [1.82, 2.24) is 4.90 Å². The lowest BCUT2D eigenvalue weighted by molar-refractivity contribution is -0.155. The van der Waals surface area contributed by atoms with Gasteiger partial charge in [-0.25, -0.2) is 9.68 Å². The van der Waals surface area contributed by atoms with Gasteiger partial charge in [0.05, 0.1) is 0 Å². The second-order valence-electron chi connectivity index (χ2n) is 6.60. The fraction of sp³-hybridized carbons (Fsp3) is 0.529. The number of benzene rings is 1. The van der Waals surface area contributed by atoms with E-state index in [1.807, 2.05) is 20.8 Å². The second kappa shape index (κ2) is 6.81. The number of amides is 1. The summed E-state index contributed by atoms with van der Waals surface area (Å²) in [5.74, 6) is 0.462. The average molecular weight is 305 g/mol. The van der Waals surface area contributed by atoms with Gasteiger partial charge in [-0.05, 0) is 42.9 Å². The number of hydrogen-bond donors (Lipinski definition) is 0. The lowest BCUT2D eigenvalue weighted by atomic mass is 9.85. The molecule has 0 spiro atoms. The highest BCUT2D eigenvalue weighted by molar-refractivity contribution is 5.76.